The van der Waals surface area contributed by atoms with E-state index in [2.05, 4.69) is 30.8 Å². The quantitative estimate of drug-likeness (QED) is 0.828. The normalized spacial score (nSPS) is 15.7. The van der Waals surface area contributed by atoms with E-state index in [1.807, 2.05) is 6.92 Å². The molecule has 1 aliphatic rings. The van der Waals surface area contributed by atoms with E-state index >= 15 is 0 Å². The summed E-state index contributed by atoms with van der Waals surface area (Å²) in [6.45, 7) is 4.94. The molecular formula is C11H15BrN4O2. The Kier molecular flexibility index (Phi) is 4.35. The summed E-state index contributed by atoms with van der Waals surface area (Å²) in [5, 5.41) is 0. The fourth-order valence-electron chi connectivity index (χ4n) is 1.77. The van der Waals surface area contributed by atoms with Gasteiger partial charge in [0.2, 0.25) is 5.95 Å². The van der Waals surface area contributed by atoms with Crippen molar-refractivity contribution in [1.82, 2.24) is 14.9 Å². The smallest absolute Gasteiger partial charge is 0.409 e. The summed E-state index contributed by atoms with van der Waals surface area (Å²) in [5.41, 5.74) is 0. The van der Waals surface area contributed by atoms with Gasteiger partial charge in [0.05, 0.1) is 11.1 Å². The Hall–Kier alpha value is -1.37. The van der Waals surface area contributed by atoms with Crippen LogP contribution < -0.4 is 4.90 Å². The number of nitrogens with zero attached hydrogens (tertiary/aromatic N) is 4. The molecule has 1 saturated heterocycles. The molecule has 0 N–H and O–H groups in total. The van der Waals surface area contributed by atoms with Crippen molar-refractivity contribution in [3.8, 4) is 0 Å². The second-order valence-corrected chi connectivity index (χ2v) is 4.79. The van der Waals surface area contributed by atoms with Crippen molar-refractivity contribution < 1.29 is 9.53 Å². The molecule has 2 rings (SSSR count). The van der Waals surface area contributed by atoms with Gasteiger partial charge in [0.1, 0.15) is 0 Å². The molecule has 0 unspecified atom stereocenters. The maximum atomic E-state index is 11.5. The highest BCUT2D eigenvalue weighted by molar-refractivity contribution is 9.10. The Morgan fingerprint density at radius 3 is 2.50 bits per heavy atom. The summed E-state index contributed by atoms with van der Waals surface area (Å²) in [6.07, 6.45) is 3.20. The molecule has 1 amide bonds. The van der Waals surface area contributed by atoms with Crippen molar-refractivity contribution in [2.45, 2.75) is 6.92 Å². The lowest BCUT2D eigenvalue weighted by Crippen LogP contribution is -2.49. The second-order valence-electron chi connectivity index (χ2n) is 3.87. The number of hydrogen-bond acceptors (Lipinski definition) is 5. The van der Waals surface area contributed by atoms with Crippen LogP contribution in [0.1, 0.15) is 6.92 Å². The zero-order valence-corrected chi connectivity index (χ0v) is 11.8. The number of amides is 1. The lowest BCUT2D eigenvalue weighted by molar-refractivity contribution is 0.105. The summed E-state index contributed by atoms with van der Waals surface area (Å²) >= 11 is 3.30. The van der Waals surface area contributed by atoms with Crippen molar-refractivity contribution in [3.63, 3.8) is 0 Å². The molecule has 7 heteroatoms. The summed E-state index contributed by atoms with van der Waals surface area (Å²) < 4.78 is 5.83. The van der Waals surface area contributed by atoms with E-state index in [1.165, 1.54) is 0 Å². The van der Waals surface area contributed by atoms with Gasteiger partial charge in [-0.25, -0.2) is 14.8 Å². The van der Waals surface area contributed by atoms with Gasteiger partial charge in [-0.2, -0.15) is 0 Å². The van der Waals surface area contributed by atoms with Crippen molar-refractivity contribution in [3.05, 3.63) is 16.9 Å². The third-order valence-corrected chi connectivity index (χ3v) is 3.10. The molecule has 0 saturated carbocycles. The van der Waals surface area contributed by atoms with Gasteiger partial charge in [-0.15, -0.1) is 0 Å². The number of hydrogen-bond donors (Lipinski definition) is 0. The van der Waals surface area contributed by atoms with Gasteiger partial charge in [-0.05, 0) is 22.9 Å². The maximum Gasteiger partial charge on any atom is 0.409 e. The van der Waals surface area contributed by atoms with Crippen molar-refractivity contribution in [2.75, 3.05) is 37.7 Å². The first-order valence-electron chi connectivity index (χ1n) is 5.85. The molecule has 0 aromatic carbocycles. The van der Waals surface area contributed by atoms with Gasteiger partial charge in [0.25, 0.3) is 0 Å². The monoisotopic (exact) mass is 314 g/mol. The van der Waals surface area contributed by atoms with Gasteiger partial charge < -0.3 is 14.5 Å². The van der Waals surface area contributed by atoms with Crippen LogP contribution in [0.3, 0.4) is 0 Å². The number of carbonyl (C=O) groups is 1. The number of carbonyl (C=O) groups excluding carboxylic acids is 1. The van der Waals surface area contributed by atoms with Gasteiger partial charge in [-0.3, -0.25) is 0 Å². The molecule has 2 heterocycles. The average Bonchev–Trinajstić information content (AvgIpc) is 2.40. The Bertz CT molecular complexity index is 404. The van der Waals surface area contributed by atoms with Crippen LogP contribution in [0.2, 0.25) is 0 Å². The Morgan fingerprint density at radius 1 is 1.33 bits per heavy atom. The van der Waals surface area contributed by atoms with Crippen LogP contribution in [0.25, 0.3) is 0 Å². The highest BCUT2D eigenvalue weighted by Gasteiger charge is 2.23. The number of ether oxygens (including phenoxy) is 1. The minimum atomic E-state index is -0.242. The molecule has 18 heavy (non-hydrogen) atoms. The van der Waals surface area contributed by atoms with Crippen LogP contribution in [0.4, 0.5) is 10.7 Å². The highest BCUT2D eigenvalue weighted by Crippen LogP contribution is 2.13. The number of piperazine rings is 1. The van der Waals surface area contributed by atoms with E-state index in [0.29, 0.717) is 25.6 Å². The van der Waals surface area contributed by atoms with Gasteiger partial charge in [-0.1, -0.05) is 0 Å². The predicted octanol–water partition coefficient (Wildman–Crippen LogP) is 1.52. The zero-order chi connectivity index (χ0) is 13.0. The van der Waals surface area contributed by atoms with E-state index in [4.69, 9.17) is 4.74 Å². The van der Waals surface area contributed by atoms with Crippen LogP contribution in [-0.4, -0.2) is 53.7 Å². The molecule has 0 atom stereocenters. The Balaban J connectivity index is 1.90. The van der Waals surface area contributed by atoms with E-state index in [0.717, 1.165) is 17.6 Å². The van der Waals surface area contributed by atoms with E-state index in [-0.39, 0.29) is 6.09 Å². The Labute approximate surface area is 114 Å². The van der Waals surface area contributed by atoms with E-state index in [1.54, 1.807) is 17.3 Å². The molecule has 6 nitrogen and oxygen atoms in total. The molecule has 0 aliphatic carbocycles. The molecule has 1 aromatic rings. The van der Waals surface area contributed by atoms with Gasteiger partial charge in [0, 0.05) is 38.6 Å². The minimum Gasteiger partial charge on any atom is -0.450 e. The first-order valence-corrected chi connectivity index (χ1v) is 6.64. The minimum absolute atomic E-state index is 0.242. The van der Waals surface area contributed by atoms with Crippen molar-refractivity contribution >= 4 is 28.0 Å². The lowest BCUT2D eigenvalue weighted by atomic mass is 10.3. The molecule has 0 bridgehead atoms. The topological polar surface area (TPSA) is 58.6 Å². The maximum absolute atomic E-state index is 11.5. The molecule has 1 fully saturated rings. The lowest BCUT2D eigenvalue weighted by Gasteiger charge is -2.33. The first-order chi connectivity index (χ1) is 8.70. The van der Waals surface area contributed by atoms with Crippen LogP contribution in [-0.2, 0) is 4.74 Å². The largest absolute Gasteiger partial charge is 0.450 e. The van der Waals surface area contributed by atoms with Crippen LogP contribution in [0, 0.1) is 0 Å². The summed E-state index contributed by atoms with van der Waals surface area (Å²) in [7, 11) is 0. The second kappa shape index (κ2) is 5.99. The van der Waals surface area contributed by atoms with E-state index < -0.39 is 0 Å². The molecular weight excluding hydrogens is 300 g/mol. The van der Waals surface area contributed by atoms with E-state index in [9.17, 15) is 4.79 Å². The molecule has 98 valence electrons. The van der Waals surface area contributed by atoms with Gasteiger partial charge in [0.15, 0.2) is 0 Å². The SMILES string of the molecule is CCOC(=O)N1CCN(c2ncc(Br)cn2)CC1. The number of anilines is 1. The average molecular weight is 315 g/mol. The number of halogens is 1. The third kappa shape index (κ3) is 3.10. The standard InChI is InChI=1S/C11H15BrN4O2/c1-2-18-11(17)16-5-3-15(4-6-16)10-13-7-9(12)8-14-10/h7-8H,2-6H2,1H3. The van der Waals surface area contributed by atoms with Crippen LogP contribution in [0.15, 0.2) is 16.9 Å². The Morgan fingerprint density at radius 2 is 1.94 bits per heavy atom. The molecule has 1 aliphatic heterocycles. The molecule has 0 spiro atoms. The zero-order valence-electron chi connectivity index (χ0n) is 10.2. The van der Waals surface area contributed by atoms with Crippen LogP contribution >= 0.6 is 15.9 Å². The number of aromatic nitrogens is 2. The molecule has 0 radical (unpaired) electrons. The fourth-order valence-corrected chi connectivity index (χ4v) is 1.98. The number of rotatable bonds is 2. The van der Waals surface area contributed by atoms with Crippen LogP contribution in [0.5, 0.6) is 0 Å². The van der Waals surface area contributed by atoms with Crippen molar-refractivity contribution in [1.29, 1.82) is 0 Å². The highest BCUT2D eigenvalue weighted by atomic mass is 79.9. The predicted molar refractivity (Wildman–Crippen MR) is 70.5 cm³/mol. The molecule has 1 aromatic heterocycles. The summed E-state index contributed by atoms with van der Waals surface area (Å²) in [4.78, 5) is 23.8. The van der Waals surface area contributed by atoms with Crippen molar-refractivity contribution in [2.24, 2.45) is 0 Å². The third-order valence-electron chi connectivity index (χ3n) is 2.70. The fraction of sp³-hybridized carbons (Fsp3) is 0.545. The first kappa shape index (κ1) is 13.1. The summed E-state index contributed by atoms with van der Waals surface area (Å²) in [6, 6.07) is 0. The summed E-state index contributed by atoms with van der Waals surface area (Å²) in [5.74, 6) is 0.696. The van der Waals surface area contributed by atoms with Gasteiger partial charge >= 0.3 is 6.09 Å².